The first kappa shape index (κ1) is 11.2. The molecule has 1 rings (SSSR count). The zero-order valence-corrected chi connectivity index (χ0v) is 7.06. The maximum absolute atomic E-state index is 10.3. The molecule has 0 unspecified atom stereocenters. The Bertz CT molecular complexity index is 237. The molecule has 0 aliphatic rings. The molecule has 1 aromatic heterocycles. The maximum Gasteiger partial charge on any atom is 0.320 e. The smallest absolute Gasteiger partial charge is 0.320 e. The Labute approximate surface area is 79.8 Å². The second kappa shape index (κ2) is 4.92. The Hall–Kier alpha value is -0.841. The van der Waals surface area contributed by atoms with Crippen LogP contribution in [-0.2, 0) is 28.3 Å². The van der Waals surface area contributed by atoms with Gasteiger partial charge in [0.2, 0.25) is 0 Å². The number of H-pyrrole nitrogens is 1. The van der Waals surface area contributed by atoms with Crippen LogP contribution in [0.25, 0.3) is 0 Å². The summed E-state index contributed by atoms with van der Waals surface area (Å²) in [5, 5.41) is 8.42. The molecule has 4 N–H and O–H groups in total. The number of carbonyl (C=O) groups is 1. The van der Waals surface area contributed by atoms with Gasteiger partial charge in [-0.2, -0.15) is 0 Å². The summed E-state index contributed by atoms with van der Waals surface area (Å²) < 4.78 is 0. The van der Waals surface area contributed by atoms with E-state index in [0.29, 0.717) is 0 Å². The van der Waals surface area contributed by atoms with Crippen molar-refractivity contribution >= 4 is 5.97 Å². The van der Waals surface area contributed by atoms with Crippen molar-refractivity contribution in [3.05, 3.63) is 18.2 Å². The molecule has 0 fully saturated rings. The van der Waals surface area contributed by atoms with Crippen LogP contribution in [0.5, 0.6) is 0 Å². The van der Waals surface area contributed by atoms with Crippen LogP contribution in [0.3, 0.4) is 0 Å². The van der Waals surface area contributed by atoms with Crippen molar-refractivity contribution < 1.29 is 27.0 Å². The summed E-state index contributed by atoms with van der Waals surface area (Å²) in [6, 6.07) is -0.851. The van der Waals surface area contributed by atoms with E-state index in [1.54, 1.807) is 6.20 Å². The van der Waals surface area contributed by atoms with Crippen LogP contribution in [0, 0.1) is 0 Å². The third kappa shape index (κ3) is 3.04. The van der Waals surface area contributed by atoms with Crippen LogP contribution in [0.4, 0.5) is 0 Å². The number of nitrogens with zero attached hydrogens (tertiary/aromatic N) is 1. The second-order valence-corrected chi connectivity index (χ2v) is 2.23. The standard InChI is InChI=1S/C6H9N3O2.Cu/c7-5(6(10)11)1-4-2-8-3-9-4;/h2-3,5H,1,7H2,(H,8,9)(H,10,11);/t5-;/m0./s1. The zero-order valence-electron chi connectivity index (χ0n) is 6.12. The van der Waals surface area contributed by atoms with Gasteiger partial charge >= 0.3 is 5.97 Å². The van der Waals surface area contributed by atoms with Gasteiger partial charge in [-0.3, -0.25) is 4.79 Å². The van der Waals surface area contributed by atoms with Crippen molar-refractivity contribution in [1.29, 1.82) is 0 Å². The van der Waals surface area contributed by atoms with Crippen molar-refractivity contribution in [1.82, 2.24) is 9.97 Å². The molecule has 0 spiro atoms. The van der Waals surface area contributed by atoms with Crippen LogP contribution in [0.15, 0.2) is 12.5 Å². The number of carboxylic acid groups (broad SMARTS) is 1. The van der Waals surface area contributed by atoms with Crippen molar-refractivity contribution in [2.75, 3.05) is 0 Å². The van der Waals surface area contributed by atoms with Gasteiger partial charge in [-0.25, -0.2) is 4.98 Å². The van der Waals surface area contributed by atoms with Crippen LogP contribution >= 0.6 is 0 Å². The number of hydrogen-bond donors (Lipinski definition) is 3. The summed E-state index contributed by atoms with van der Waals surface area (Å²) in [6.45, 7) is 0. The second-order valence-electron chi connectivity index (χ2n) is 2.23. The minimum absolute atomic E-state index is 0. The number of carboxylic acids is 1. The van der Waals surface area contributed by atoms with E-state index in [1.165, 1.54) is 6.33 Å². The van der Waals surface area contributed by atoms with Gasteiger partial charge in [-0.15, -0.1) is 0 Å². The van der Waals surface area contributed by atoms with E-state index in [-0.39, 0.29) is 23.5 Å². The van der Waals surface area contributed by atoms with Gasteiger partial charge in [0.05, 0.1) is 6.33 Å². The van der Waals surface area contributed by atoms with Crippen molar-refractivity contribution in [3.63, 3.8) is 0 Å². The molecule has 12 heavy (non-hydrogen) atoms. The Morgan fingerprint density at radius 3 is 2.92 bits per heavy atom. The molecule has 0 aromatic carbocycles. The van der Waals surface area contributed by atoms with E-state index in [0.717, 1.165) is 5.69 Å². The molecule has 71 valence electrons. The van der Waals surface area contributed by atoms with Crippen molar-refractivity contribution in [2.45, 2.75) is 12.5 Å². The quantitative estimate of drug-likeness (QED) is 0.589. The minimum Gasteiger partial charge on any atom is -0.480 e. The number of aromatic amines is 1. The molecule has 0 saturated heterocycles. The predicted molar refractivity (Wildman–Crippen MR) is 37.9 cm³/mol. The van der Waals surface area contributed by atoms with E-state index in [4.69, 9.17) is 10.8 Å². The largest absolute Gasteiger partial charge is 0.480 e. The SMILES string of the molecule is N[C@@H](Cc1cnc[nH]1)C(=O)O.[Cu]. The first-order chi connectivity index (χ1) is 5.20. The number of aliphatic carboxylic acids is 1. The van der Waals surface area contributed by atoms with Crippen LogP contribution < -0.4 is 5.73 Å². The topological polar surface area (TPSA) is 92.0 Å². The monoisotopic (exact) mass is 218 g/mol. The molecule has 1 heterocycles. The summed E-state index contributed by atoms with van der Waals surface area (Å²) in [5.74, 6) is -1.00. The average molecular weight is 219 g/mol. The van der Waals surface area contributed by atoms with Crippen LogP contribution in [-0.4, -0.2) is 27.1 Å². The Kier molecular flexibility index (Phi) is 4.58. The number of nitrogens with two attached hydrogens (primary N) is 1. The zero-order chi connectivity index (χ0) is 8.27. The van der Waals surface area contributed by atoms with Crippen molar-refractivity contribution in [2.24, 2.45) is 5.73 Å². The average Bonchev–Trinajstić information content (AvgIpc) is 2.39. The van der Waals surface area contributed by atoms with Crippen LogP contribution in [0.1, 0.15) is 5.69 Å². The molecule has 0 amide bonds. The molecular formula is C6H9CuN3O2. The van der Waals surface area contributed by atoms with E-state index in [9.17, 15) is 4.79 Å². The minimum atomic E-state index is -1.00. The van der Waals surface area contributed by atoms with Gasteiger partial charge in [0.15, 0.2) is 0 Å². The Morgan fingerprint density at radius 2 is 2.50 bits per heavy atom. The van der Waals surface area contributed by atoms with Gasteiger partial charge in [-0.1, -0.05) is 0 Å². The first-order valence-electron chi connectivity index (χ1n) is 3.16. The van der Waals surface area contributed by atoms with Gasteiger partial charge in [0, 0.05) is 35.4 Å². The third-order valence-electron chi connectivity index (χ3n) is 1.31. The number of hydrogen-bond acceptors (Lipinski definition) is 3. The summed E-state index contributed by atoms with van der Waals surface area (Å²) in [5.41, 5.74) is 6.00. The Morgan fingerprint density at radius 1 is 1.83 bits per heavy atom. The number of aromatic nitrogens is 2. The first-order valence-corrected chi connectivity index (χ1v) is 3.16. The molecule has 6 heteroatoms. The summed E-state index contributed by atoms with van der Waals surface area (Å²) in [4.78, 5) is 16.8. The third-order valence-corrected chi connectivity index (χ3v) is 1.31. The molecule has 0 saturated carbocycles. The van der Waals surface area contributed by atoms with Gasteiger partial charge in [-0.05, 0) is 0 Å². The molecule has 1 aromatic rings. The molecule has 0 aliphatic heterocycles. The van der Waals surface area contributed by atoms with Gasteiger partial charge < -0.3 is 15.8 Å². The van der Waals surface area contributed by atoms with Gasteiger partial charge in [0.1, 0.15) is 6.04 Å². The fraction of sp³-hybridized carbons (Fsp3) is 0.333. The van der Waals surface area contributed by atoms with E-state index < -0.39 is 12.0 Å². The predicted octanol–water partition coefficient (Wildman–Crippen LogP) is -0.638. The number of nitrogens with one attached hydrogen (secondary N) is 1. The molecular weight excluding hydrogens is 210 g/mol. The molecule has 0 aliphatic carbocycles. The van der Waals surface area contributed by atoms with E-state index >= 15 is 0 Å². The fourth-order valence-electron chi connectivity index (χ4n) is 0.721. The van der Waals surface area contributed by atoms with E-state index in [1.807, 2.05) is 0 Å². The molecule has 0 bridgehead atoms. The number of rotatable bonds is 3. The van der Waals surface area contributed by atoms with E-state index in [2.05, 4.69) is 9.97 Å². The molecule has 1 atom stereocenters. The summed E-state index contributed by atoms with van der Waals surface area (Å²) >= 11 is 0. The normalized spacial score (nSPS) is 11.8. The molecule has 5 nitrogen and oxygen atoms in total. The molecule has 1 radical (unpaired) electrons. The maximum atomic E-state index is 10.3. The summed E-state index contributed by atoms with van der Waals surface area (Å²) in [7, 11) is 0. The fourth-order valence-corrected chi connectivity index (χ4v) is 0.721. The Balaban J connectivity index is 0.00000121. The van der Waals surface area contributed by atoms with Crippen molar-refractivity contribution in [3.8, 4) is 0 Å². The van der Waals surface area contributed by atoms with Crippen LogP contribution in [0.2, 0.25) is 0 Å². The van der Waals surface area contributed by atoms with Gasteiger partial charge in [0.25, 0.3) is 0 Å². The number of imidazole rings is 1. The summed E-state index contributed by atoms with van der Waals surface area (Å²) in [6.07, 6.45) is 3.34.